The molecule has 1 saturated heterocycles. The molecule has 2 aliphatic rings. The van der Waals surface area contributed by atoms with Gasteiger partial charge in [-0.05, 0) is 38.5 Å². The SMILES string of the molecule is CC(C)N1C[C@H]2CC[C@@H](C1)C2N.Cl.Cl. The summed E-state index contributed by atoms with van der Waals surface area (Å²) >= 11 is 0. The van der Waals surface area contributed by atoms with Gasteiger partial charge in [0.2, 0.25) is 0 Å². The van der Waals surface area contributed by atoms with Crippen LogP contribution in [0.2, 0.25) is 0 Å². The first-order valence-corrected chi connectivity index (χ1v) is 5.18. The molecule has 3 atom stereocenters. The maximum Gasteiger partial charge on any atom is 0.0120 e. The number of fused-ring (bicyclic) bond motifs is 2. The largest absolute Gasteiger partial charge is 0.327 e. The lowest BCUT2D eigenvalue weighted by molar-refractivity contribution is 0.117. The van der Waals surface area contributed by atoms with E-state index >= 15 is 0 Å². The Morgan fingerprint density at radius 3 is 1.86 bits per heavy atom. The summed E-state index contributed by atoms with van der Waals surface area (Å²) in [4.78, 5) is 2.59. The van der Waals surface area contributed by atoms with Gasteiger partial charge in [0.1, 0.15) is 0 Å². The summed E-state index contributed by atoms with van der Waals surface area (Å²) in [6, 6.07) is 1.22. The molecular weight excluding hydrogens is 219 g/mol. The summed E-state index contributed by atoms with van der Waals surface area (Å²) in [5.41, 5.74) is 6.12. The summed E-state index contributed by atoms with van der Waals surface area (Å²) in [6.45, 7) is 7.07. The minimum atomic E-state index is 0. The van der Waals surface area contributed by atoms with Gasteiger partial charge >= 0.3 is 0 Å². The average molecular weight is 241 g/mol. The minimum absolute atomic E-state index is 0. The number of piperidine rings is 1. The van der Waals surface area contributed by atoms with Gasteiger partial charge in [0.15, 0.2) is 0 Å². The summed E-state index contributed by atoms with van der Waals surface area (Å²) in [5, 5.41) is 0. The maximum absolute atomic E-state index is 6.12. The van der Waals surface area contributed by atoms with Crippen molar-refractivity contribution < 1.29 is 0 Å². The zero-order valence-corrected chi connectivity index (χ0v) is 10.6. The Hall–Kier alpha value is 0.500. The number of halogens is 2. The predicted octanol–water partition coefficient (Wildman–Crippen LogP) is 1.91. The minimum Gasteiger partial charge on any atom is -0.327 e. The lowest BCUT2D eigenvalue weighted by atomic mass is 9.92. The van der Waals surface area contributed by atoms with Crippen LogP contribution in [-0.2, 0) is 0 Å². The van der Waals surface area contributed by atoms with Crippen LogP contribution in [0.25, 0.3) is 0 Å². The number of nitrogens with two attached hydrogens (primary N) is 1. The molecule has 2 nitrogen and oxygen atoms in total. The molecule has 0 amide bonds. The van der Waals surface area contributed by atoms with Gasteiger partial charge in [0.05, 0.1) is 0 Å². The number of likely N-dealkylation sites (tertiary alicyclic amines) is 1. The van der Waals surface area contributed by atoms with Crippen molar-refractivity contribution in [2.45, 2.75) is 38.8 Å². The number of rotatable bonds is 1. The molecule has 1 heterocycles. The van der Waals surface area contributed by atoms with Crippen molar-refractivity contribution >= 4 is 24.8 Å². The van der Waals surface area contributed by atoms with Crippen LogP contribution >= 0.6 is 24.8 Å². The zero-order chi connectivity index (χ0) is 8.72. The lowest BCUT2D eigenvalue weighted by Crippen LogP contribution is -2.50. The first-order chi connectivity index (χ1) is 5.68. The molecule has 1 saturated carbocycles. The highest BCUT2D eigenvalue weighted by atomic mass is 35.5. The van der Waals surface area contributed by atoms with E-state index in [4.69, 9.17) is 5.73 Å². The highest BCUT2D eigenvalue weighted by Crippen LogP contribution is 2.36. The molecule has 2 N–H and O–H groups in total. The average Bonchev–Trinajstić information content (AvgIpc) is 2.30. The van der Waals surface area contributed by atoms with E-state index in [2.05, 4.69) is 18.7 Å². The van der Waals surface area contributed by atoms with Gasteiger partial charge in [-0.15, -0.1) is 24.8 Å². The van der Waals surface area contributed by atoms with Crippen LogP contribution in [-0.4, -0.2) is 30.1 Å². The van der Waals surface area contributed by atoms with Crippen LogP contribution in [0.1, 0.15) is 26.7 Å². The van der Waals surface area contributed by atoms with Crippen molar-refractivity contribution in [1.82, 2.24) is 4.90 Å². The summed E-state index contributed by atoms with van der Waals surface area (Å²) < 4.78 is 0. The molecular formula is C10H22Cl2N2. The van der Waals surface area contributed by atoms with E-state index in [1.807, 2.05) is 0 Å². The molecule has 0 aromatic carbocycles. The van der Waals surface area contributed by atoms with Crippen molar-refractivity contribution in [3.05, 3.63) is 0 Å². The zero-order valence-electron chi connectivity index (χ0n) is 8.98. The molecule has 1 aliphatic heterocycles. The van der Waals surface area contributed by atoms with Crippen molar-refractivity contribution in [2.24, 2.45) is 17.6 Å². The highest BCUT2D eigenvalue weighted by molar-refractivity contribution is 5.85. The molecule has 86 valence electrons. The molecule has 0 radical (unpaired) electrons. The van der Waals surface area contributed by atoms with Crippen molar-refractivity contribution in [1.29, 1.82) is 0 Å². The Bertz CT molecular complexity index is 162. The molecule has 14 heavy (non-hydrogen) atoms. The van der Waals surface area contributed by atoms with Crippen LogP contribution in [0.4, 0.5) is 0 Å². The molecule has 2 fully saturated rings. The third-order valence-electron chi connectivity index (χ3n) is 3.67. The van der Waals surface area contributed by atoms with Gasteiger partial charge in [-0.2, -0.15) is 0 Å². The van der Waals surface area contributed by atoms with E-state index in [-0.39, 0.29) is 24.8 Å². The summed E-state index contributed by atoms with van der Waals surface area (Å²) in [6.07, 6.45) is 2.74. The van der Waals surface area contributed by atoms with E-state index in [1.54, 1.807) is 0 Å². The molecule has 1 unspecified atom stereocenters. The normalized spacial score (nSPS) is 36.4. The fourth-order valence-corrected chi connectivity index (χ4v) is 2.72. The van der Waals surface area contributed by atoms with Crippen LogP contribution in [0.5, 0.6) is 0 Å². The van der Waals surface area contributed by atoms with Crippen LogP contribution in [0.3, 0.4) is 0 Å². The fraction of sp³-hybridized carbons (Fsp3) is 1.00. The fourth-order valence-electron chi connectivity index (χ4n) is 2.72. The lowest BCUT2D eigenvalue weighted by Gasteiger charge is -2.38. The topological polar surface area (TPSA) is 29.3 Å². The number of nitrogens with zero attached hydrogens (tertiary/aromatic N) is 1. The second-order valence-corrected chi connectivity index (χ2v) is 4.72. The van der Waals surface area contributed by atoms with Gasteiger partial charge in [-0.3, -0.25) is 0 Å². The Morgan fingerprint density at radius 1 is 1.07 bits per heavy atom. The summed E-state index contributed by atoms with van der Waals surface area (Å²) in [5.74, 6) is 1.59. The second kappa shape index (κ2) is 5.55. The maximum atomic E-state index is 6.12. The first-order valence-electron chi connectivity index (χ1n) is 5.18. The smallest absolute Gasteiger partial charge is 0.0120 e. The van der Waals surface area contributed by atoms with Crippen LogP contribution in [0, 0.1) is 11.8 Å². The highest BCUT2D eigenvalue weighted by Gasteiger charge is 2.40. The van der Waals surface area contributed by atoms with E-state index in [0.717, 1.165) is 11.8 Å². The second-order valence-electron chi connectivity index (χ2n) is 4.72. The van der Waals surface area contributed by atoms with Gasteiger partial charge < -0.3 is 10.6 Å². The van der Waals surface area contributed by atoms with Gasteiger partial charge in [-0.25, -0.2) is 0 Å². The Morgan fingerprint density at radius 2 is 1.50 bits per heavy atom. The molecule has 1 aliphatic carbocycles. The van der Waals surface area contributed by atoms with E-state index < -0.39 is 0 Å². The molecule has 2 rings (SSSR count). The Kier molecular flexibility index (Phi) is 5.75. The van der Waals surface area contributed by atoms with Gasteiger partial charge in [-0.1, -0.05) is 0 Å². The quantitative estimate of drug-likeness (QED) is 0.759. The van der Waals surface area contributed by atoms with Crippen molar-refractivity contribution in [3.8, 4) is 0 Å². The third-order valence-corrected chi connectivity index (χ3v) is 3.67. The van der Waals surface area contributed by atoms with Gasteiger partial charge in [0, 0.05) is 25.2 Å². The Labute approximate surface area is 99.4 Å². The first kappa shape index (κ1) is 14.5. The molecule has 4 heteroatoms. The monoisotopic (exact) mass is 240 g/mol. The van der Waals surface area contributed by atoms with Crippen molar-refractivity contribution in [3.63, 3.8) is 0 Å². The standard InChI is InChI=1S/C10H20N2.2ClH/c1-7(2)12-5-8-3-4-9(6-12)10(8)11;;/h7-10H,3-6,11H2,1-2H3;2*1H/t8-,9+,10?;;. The van der Waals surface area contributed by atoms with E-state index in [1.165, 1.54) is 25.9 Å². The van der Waals surface area contributed by atoms with Gasteiger partial charge in [0.25, 0.3) is 0 Å². The molecule has 0 spiro atoms. The van der Waals surface area contributed by atoms with Crippen LogP contribution in [0.15, 0.2) is 0 Å². The molecule has 2 bridgehead atoms. The number of hydrogen-bond donors (Lipinski definition) is 1. The third kappa shape index (κ3) is 2.54. The van der Waals surface area contributed by atoms with E-state index in [0.29, 0.717) is 12.1 Å². The Balaban J connectivity index is 0.000000845. The van der Waals surface area contributed by atoms with Crippen LogP contribution < -0.4 is 5.73 Å². The van der Waals surface area contributed by atoms with E-state index in [9.17, 15) is 0 Å². The molecule has 0 aromatic heterocycles. The predicted molar refractivity (Wildman–Crippen MR) is 65.4 cm³/mol. The van der Waals surface area contributed by atoms with Crippen molar-refractivity contribution in [2.75, 3.05) is 13.1 Å². The number of hydrogen-bond acceptors (Lipinski definition) is 2. The summed E-state index contributed by atoms with van der Waals surface area (Å²) in [7, 11) is 0. The molecule has 0 aromatic rings.